The van der Waals surface area contributed by atoms with E-state index >= 15 is 0 Å². The van der Waals surface area contributed by atoms with Crippen molar-refractivity contribution in [1.82, 2.24) is 0 Å². The number of sulfonamides is 1. The van der Waals surface area contributed by atoms with Crippen molar-refractivity contribution in [1.29, 1.82) is 0 Å². The fraction of sp³-hybridized carbons (Fsp3) is 0. The fourth-order valence-corrected chi connectivity index (χ4v) is 2.77. The van der Waals surface area contributed by atoms with Crippen molar-refractivity contribution >= 4 is 44.6 Å². The van der Waals surface area contributed by atoms with E-state index < -0.39 is 10.0 Å². The van der Waals surface area contributed by atoms with Crippen LogP contribution in [0, 0.1) is 0 Å². The molecular weight excluding hydrogens is 229 g/mol. The number of thiophene rings is 1. The molecule has 0 aromatic carbocycles. The van der Waals surface area contributed by atoms with Crippen LogP contribution in [0.1, 0.15) is 0 Å². The molecule has 3 nitrogen and oxygen atoms in total. The summed E-state index contributed by atoms with van der Waals surface area (Å²) in [6.45, 7) is 0. The first-order valence-electron chi connectivity index (χ1n) is 2.39. The quantitative estimate of drug-likeness (QED) is 0.801. The molecular formula is C4H3Cl2NO2S2. The Hall–Kier alpha value is 0.190. The minimum atomic E-state index is -3.65. The van der Waals surface area contributed by atoms with Gasteiger partial charge in [0.1, 0.15) is 8.55 Å². The second kappa shape index (κ2) is 2.91. The predicted molar refractivity (Wildman–Crippen MR) is 45.7 cm³/mol. The highest BCUT2D eigenvalue weighted by Gasteiger charge is 2.13. The second-order valence-electron chi connectivity index (χ2n) is 1.73. The molecule has 0 atom stereocenters. The van der Waals surface area contributed by atoms with Crippen molar-refractivity contribution in [3.63, 3.8) is 0 Å². The van der Waals surface area contributed by atoms with Gasteiger partial charge in [0.25, 0.3) is 0 Å². The lowest BCUT2D eigenvalue weighted by molar-refractivity contribution is 0.600. The van der Waals surface area contributed by atoms with E-state index in [1.807, 2.05) is 0 Å². The Morgan fingerprint density at radius 3 is 2.18 bits per heavy atom. The summed E-state index contributed by atoms with van der Waals surface area (Å²) in [5, 5.41) is 5.01. The van der Waals surface area contributed by atoms with Gasteiger partial charge >= 0.3 is 0 Å². The molecule has 0 saturated heterocycles. The van der Waals surface area contributed by atoms with E-state index in [-0.39, 0.29) is 13.6 Å². The Balaban J connectivity index is 3.29. The average molecular weight is 232 g/mol. The SMILES string of the molecule is NS(=O)(=O)c1cc(Cl)c(Cl)s1. The number of rotatable bonds is 1. The molecule has 0 bridgehead atoms. The maximum Gasteiger partial charge on any atom is 0.247 e. The van der Waals surface area contributed by atoms with Crippen LogP contribution in [-0.4, -0.2) is 8.42 Å². The summed E-state index contributed by atoms with van der Waals surface area (Å²) in [5.74, 6) is 0. The molecule has 2 N–H and O–H groups in total. The molecule has 0 saturated carbocycles. The van der Waals surface area contributed by atoms with Gasteiger partial charge in [-0.1, -0.05) is 23.2 Å². The van der Waals surface area contributed by atoms with Crippen molar-refractivity contribution in [2.75, 3.05) is 0 Å². The van der Waals surface area contributed by atoms with E-state index in [1.54, 1.807) is 0 Å². The Morgan fingerprint density at radius 1 is 1.45 bits per heavy atom. The number of hydrogen-bond donors (Lipinski definition) is 1. The van der Waals surface area contributed by atoms with E-state index in [0.717, 1.165) is 11.3 Å². The lowest BCUT2D eigenvalue weighted by atomic mass is 10.7. The zero-order chi connectivity index (χ0) is 8.65. The summed E-state index contributed by atoms with van der Waals surface area (Å²) in [6, 6.07) is 1.23. The Labute approximate surface area is 77.8 Å². The Kier molecular flexibility index (Phi) is 2.46. The van der Waals surface area contributed by atoms with Crippen molar-refractivity contribution in [2.24, 2.45) is 5.14 Å². The van der Waals surface area contributed by atoms with E-state index in [4.69, 9.17) is 28.3 Å². The van der Waals surface area contributed by atoms with Gasteiger partial charge in [0, 0.05) is 0 Å². The molecule has 62 valence electrons. The van der Waals surface area contributed by atoms with Crippen molar-refractivity contribution in [3.05, 3.63) is 15.4 Å². The van der Waals surface area contributed by atoms with E-state index in [0.29, 0.717) is 0 Å². The Morgan fingerprint density at radius 2 is 2.00 bits per heavy atom. The zero-order valence-corrected chi connectivity index (χ0v) is 8.19. The fourth-order valence-electron chi connectivity index (χ4n) is 0.467. The first-order chi connectivity index (χ1) is 4.91. The molecule has 1 aromatic rings. The van der Waals surface area contributed by atoms with Crippen LogP contribution in [0.4, 0.5) is 0 Å². The monoisotopic (exact) mass is 231 g/mol. The lowest BCUT2D eigenvalue weighted by Crippen LogP contribution is -2.09. The van der Waals surface area contributed by atoms with Gasteiger partial charge in [0.2, 0.25) is 10.0 Å². The predicted octanol–water partition coefficient (Wildman–Crippen LogP) is 1.70. The normalized spacial score (nSPS) is 11.9. The number of nitrogens with two attached hydrogens (primary N) is 1. The summed E-state index contributed by atoms with van der Waals surface area (Å²) in [5.41, 5.74) is 0. The third-order valence-electron chi connectivity index (χ3n) is 0.903. The maximum absolute atomic E-state index is 10.7. The molecule has 0 unspecified atom stereocenters. The molecule has 0 aliphatic rings. The third kappa shape index (κ3) is 2.07. The third-order valence-corrected chi connectivity index (χ3v) is 4.19. The minimum Gasteiger partial charge on any atom is -0.224 e. The van der Waals surface area contributed by atoms with Crippen LogP contribution in [0.5, 0.6) is 0 Å². The van der Waals surface area contributed by atoms with Gasteiger partial charge in [0.05, 0.1) is 5.02 Å². The molecule has 1 heterocycles. The number of hydrogen-bond acceptors (Lipinski definition) is 3. The zero-order valence-electron chi connectivity index (χ0n) is 5.04. The highest BCUT2D eigenvalue weighted by atomic mass is 35.5. The highest BCUT2D eigenvalue weighted by molar-refractivity contribution is 7.91. The van der Waals surface area contributed by atoms with Gasteiger partial charge in [-0.05, 0) is 6.07 Å². The summed E-state index contributed by atoms with van der Waals surface area (Å²) in [7, 11) is -3.65. The summed E-state index contributed by atoms with van der Waals surface area (Å²) in [4.78, 5) is 0. The molecule has 1 rings (SSSR count). The van der Waals surface area contributed by atoms with Crippen LogP contribution in [0.3, 0.4) is 0 Å². The summed E-state index contributed by atoms with van der Waals surface area (Å²) >= 11 is 11.8. The number of halogens is 2. The first kappa shape index (κ1) is 9.28. The van der Waals surface area contributed by atoms with Crippen LogP contribution in [0.25, 0.3) is 0 Å². The van der Waals surface area contributed by atoms with E-state index in [2.05, 4.69) is 0 Å². The van der Waals surface area contributed by atoms with Gasteiger partial charge in [-0.2, -0.15) is 0 Å². The molecule has 7 heteroatoms. The molecule has 1 aromatic heterocycles. The van der Waals surface area contributed by atoms with Gasteiger partial charge < -0.3 is 0 Å². The maximum atomic E-state index is 10.7. The van der Waals surface area contributed by atoms with Crippen LogP contribution < -0.4 is 5.14 Å². The second-order valence-corrected chi connectivity index (χ2v) is 5.58. The van der Waals surface area contributed by atoms with Gasteiger partial charge in [0.15, 0.2) is 0 Å². The van der Waals surface area contributed by atoms with Crippen molar-refractivity contribution < 1.29 is 8.42 Å². The molecule has 0 radical (unpaired) electrons. The Bertz CT molecular complexity index is 350. The molecule has 11 heavy (non-hydrogen) atoms. The van der Waals surface area contributed by atoms with Crippen molar-refractivity contribution in [2.45, 2.75) is 4.21 Å². The van der Waals surface area contributed by atoms with Gasteiger partial charge in [-0.15, -0.1) is 11.3 Å². The molecule has 0 spiro atoms. The largest absolute Gasteiger partial charge is 0.247 e. The minimum absolute atomic E-state index is 0.0208. The smallest absolute Gasteiger partial charge is 0.224 e. The topological polar surface area (TPSA) is 60.2 Å². The van der Waals surface area contributed by atoms with Crippen LogP contribution in [0.15, 0.2) is 10.3 Å². The average Bonchev–Trinajstić information content (AvgIpc) is 2.11. The lowest BCUT2D eigenvalue weighted by Gasteiger charge is -1.86. The molecule has 0 fully saturated rings. The summed E-state index contributed by atoms with van der Waals surface area (Å²) < 4.78 is 21.5. The molecule has 0 aliphatic heterocycles. The number of primary sulfonamides is 1. The van der Waals surface area contributed by atoms with E-state index in [1.165, 1.54) is 6.07 Å². The highest BCUT2D eigenvalue weighted by Crippen LogP contribution is 2.33. The first-order valence-corrected chi connectivity index (χ1v) is 5.51. The summed E-state index contributed by atoms with van der Waals surface area (Å²) in [6.07, 6.45) is 0. The van der Waals surface area contributed by atoms with Crippen LogP contribution >= 0.6 is 34.5 Å². The molecule has 0 amide bonds. The molecule has 0 aliphatic carbocycles. The standard InChI is InChI=1S/C4H3Cl2NO2S2/c5-2-1-3(10-4(2)6)11(7,8)9/h1H,(H2,7,8,9). The van der Waals surface area contributed by atoms with Crippen molar-refractivity contribution in [3.8, 4) is 0 Å². The van der Waals surface area contributed by atoms with Gasteiger partial charge in [-0.3, -0.25) is 0 Å². The van der Waals surface area contributed by atoms with Gasteiger partial charge in [-0.25, -0.2) is 13.6 Å². The van der Waals surface area contributed by atoms with Crippen LogP contribution in [0.2, 0.25) is 9.36 Å². The van der Waals surface area contributed by atoms with E-state index in [9.17, 15) is 8.42 Å². The van der Waals surface area contributed by atoms with Crippen LogP contribution in [-0.2, 0) is 10.0 Å².